The quantitative estimate of drug-likeness (QED) is 0.585. The molecule has 0 heteroatoms. The molecule has 14 heavy (non-hydrogen) atoms. The van der Waals surface area contributed by atoms with Gasteiger partial charge in [0, 0.05) is 0 Å². The maximum atomic E-state index is 2.40. The van der Waals surface area contributed by atoms with Gasteiger partial charge < -0.3 is 0 Å². The van der Waals surface area contributed by atoms with E-state index in [0.29, 0.717) is 5.41 Å². The van der Waals surface area contributed by atoms with Crippen LogP contribution in [0.3, 0.4) is 0 Å². The summed E-state index contributed by atoms with van der Waals surface area (Å²) in [6, 6.07) is 0. The van der Waals surface area contributed by atoms with E-state index in [4.69, 9.17) is 0 Å². The highest BCUT2D eigenvalue weighted by Crippen LogP contribution is 2.43. The van der Waals surface area contributed by atoms with Crippen LogP contribution in [0.25, 0.3) is 0 Å². The fraction of sp³-hybridized carbons (Fsp3) is 0.929. The van der Waals surface area contributed by atoms with Gasteiger partial charge in [-0.2, -0.15) is 0 Å². The van der Waals surface area contributed by atoms with E-state index in [1.54, 1.807) is 5.92 Å². The molecular weight excluding hydrogens is 168 g/mol. The molecular formula is C14H29. The fourth-order valence-electron chi connectivity index (χ4n) is 1.99. The van der Waals surface area contributed by atoms with Crippen molar-refractivity contribution in [2.45, 2.75) is 61.8 Å². The molecule has 0 aromatic rings. The van der Waals surface area contributed by atoms with Crippen LogP contribution in [-0.4, -0.2) is 0 Å². The van der Waals surface area contributed by atoms with E-state index >= 15 is 0 Å². The van der Waals surface area contributed by atoms with Gasteiger partial charge in [0.15, 0.2) is 0 Å². The fourth-order valence-corrected chi connectivity index (χ4v) is 1.99. The second-order valence-corrected chi connectivity index (χ2v) is 5.75. The highest BCUT2D eigenvalue weighted by molar-refractivity contribution is 5.05. The molecule has 2 unspecified atom stereocenters. The Morgan fingerprint density at radius 3 is 1.79 bits per heavy atom. The summed E-state index contributed by atoms with van der Waals surface area (Å²) in [6.07, 6.45) is 1.27. The summed E-state index contributed by atoms with van der Waals surface area (Å²) in [7, 11) is 0. The van der Waals surface area contributed by atoms with Crippen molar-refractivity contribution in [1.29, 1.82) is 0 Å². The molecule has 0 amide bonds. The minimum absolute atomic E-state index is 0.387. The Labute approximate surface area is 91.5 Å². The van der Waals surface area contributed by atoms with Gasteiger partial charge in [-0.3, -0.25) is 0 Å². The number of rotatable bonds is 5. The Balaban J connectivity index is 4.56. The summed E-state index contributed by atoms with van der Waals surface area (Å²) in [4.78, 5) is 0. The zero-order valence-electron chi connectivity index (χ0n) is 11.4. The van der Waals surface area contributed by atoms with Crippen LogP contribution in [0, 0.1) is 29.1 Å². The van der Waals surface area contributed by atoms with Gasteiger partial charge in [0.1, 0.15) is 0 Å². The molecule has 0 nitrogen and oxygen atoms in total. The molecule has 0 aliphatic carbocycles. The minimum atomic E-state index is 0.387. The normalized spacial score (nSPS) is 17.6. The Bertz CT molecular complexity index is 155. The molecule has 85 valence electrons. The van der Waals surface area contributed by atoms with Crippen LogP contribution >= 0.6 is 0 Å². The smallest absolute Gasteiger partial charge is 0.0182 e. The lowest BCUT2D eigenvalue weighted by Crippen LogP contribution is -2.33. The van der Waals surface area contributed by atoms with Crippen molar-refractivity contribution in [3.05, 3.63) is 5.92 Å². The molecule has 0 bridgehead atoms. The van der Waals surface area contributed by atoms with E-state index in [1.165, 1.54) is 6.42 Å². The van der Waals surface area contributed by atoms with Crippen LogP contribution < -0.4 is 0 Å². The zero-order valence-corrected chi connectivity index (χ0v) is 11.4. The first-order valence-corrected chi connectivity index (χ1v) is 6.09. The molecule has 0 aliphatic heterocycles. The first-order valence-electron chi connectivity index (χ1n) is 6.09. The Morgan fingerprint density at radius 2 is 1.50 bits per heavy atom. The summed E-state index contributed by atoms with van der Waals surface area (Å²) < 4.78 is 0. The molecule has 2 atom stereocenters. The molecule has 0 saturated carbocycles. The molecule has 0 aliphatic rings. The van der Waals surface area contributed by atoms with E-state index in [2.05, 4.69) is 55.4 Å². The third-order valence-corrected chi connectivity index (χ3v) is 4.54. The second-order valence-electron chi connectivity index (χ2n) is 5.75. The molecule has 0 rings (SSSR count). The Hall–Kier alpha value is 0. The van der Waals surface area contributed by atoms with E-state index in [1.807, 2.05) is 0 Å². The van der Waals surface area contributed by atoms with Gasteiger partial charge in [-0.05, 0) is 29.1 Å². The summed E-state index contributed by atoms with van der Waals surface area (Å²) in [5.41, 5.74) is 0.387. The third kappa shape index (κ3) is 3.00. The average molecular weight is 197 g/mol. The van der Waals surface area contributed by atoms with E-state index < -0.39 is 0 Å². The molecule has 0 N–H and O–H groups in total. The van der Waals surface area contributed by atoms with Crippen molar-refractivity contribution in [2.75, 3.05) is 0 Å². The maximum absolute atomic E-state index is 2.40. The van der Waals surface area contributed by atoms with Crippen LogP contribution in [0.5, 0.6) is 0 Å². The summed E-state index contributed by atoms with van der Waals surface area (Å²) in [5, 5.41) is 0. The monoisotopic (exact) mass is 197 g/mol. The van der Waals surface area contributed by atoms with Crippen LogP contribution in [0.4, 0.5) is 0 Å². The average Bonchev–Trinajstić information content (AvgIpc) is 2.13. The van der Waals surface area contributed by atoms with Gasteiger partial charge >= 0.3 is 0 Å². The van der Waals surface area contributed by atoms with Gasteiger partial charge in [0.05, 0.1) is 0 Å². The van der Waals surface area contributed by atoms with E-state index in [0.717, 1.165) is 17.8 Å². The zero-order chi connectivity index (χ0) is 11.5. The molecule has 0 fully saturated rings. The van der Waals surface area contributed by atoms with E-state index in [-0.39, 0.29) is 0 Å². The molecule has 0 aromatic carbocycles. The predicted molar refractivity (Wildman–Crippen MR) is 66.2 cm³/mol. The molecule has 0 spiro atoms. The SMILES string of the molecule is CCC(C)C(C)(C)[C](C)C(C)C(C)C. The lowest BCUT2D eigenvalue weighted by Gasteiger charge is -2.41. The number of hydrogen-bond donors (Lipinski definition) is 0. The maximum Gasteiger partial charge on any atom is -0.0182 e. The standard InChI is InChI=1S/C14H29/c1-9-11(4)14(7,8)13(6)12(5)10(2)3/h10-12H,9H2,1-8H3. The van der Waals surface area contributed by atoms with E-state index in [9.17, 15) is 0 Å². The van der Waals surface area contributed by atoms with Crippen molar-refractivity contribution < 1.29 is 0 Å². The van der Waals surface area contributed by atoms with Crippen molar-refractivity contribution >= 4 is 0 Å². The first-order chi connectivity index (χ1) is 6.25. The molecule has 0 heterocycles. The molecule has 0 saturated heterocycles. The Kier molecular flexibility index (Phi) is 5.19. The van der Waals surface area contributed by atoms with Gasteiger partial charge in [0.2, 0.25) is 0 Å². The molecule has 1 radical (unpaired) electrons. The topological polar surface area (TPSA) is 0 Å². The summed E-state index contributed by atoms with van der Waals surface area (Å²) in [5.74, 6) is 3.95. The number of hydrogen-bond acceptors (Lipinski definition) is 0. The summed E-state index contributed by atoms with van der Waals surface area (Å²) in [6.45, 7) is 18.8. The Morgan fingerprint density at radius 1 is 1.07 bits per heavy atom. The highest BCUT2D eigenvalue weighted by Gasteiger charge is 2.35. The van der Waals surface area contributed by atoms with Gasteiger partial charge in [-0.25, -0.2) is 0 Å². The lowest BCUT2D eigenvalue weighted by molar-refractivity contribution is 0.194. The van der Waals surface area contributed by atoms with Gasteiger partial charge in [0.25, 0.3) is 0 Å². The van der Waals surface area contributed by atoms with Crippen LogP contribution in [0.1, 0.15) is 61.8 Å². The largest absolute Gasteiger partial charge is 0.0651 e. The van der Waals surface area contributed by atoms with Crippen LogP contribution in [0.15, 0.2) is 0 Å². The van der Waals surface area contributed by atoms with Crippen LogP contribution in [0.2, 0.25) is 0 Å². The second kappa shape index (κ2) is 5.19. The van der Waals surface area contributed by atoms with Gasteiger partial charge in [-0.15, -0.1) is 0 Å². The van der Waals surface area contributed by atoms with Gasteiger partial charge in [-0.1, -0.05) is 61.8 Å². The van der Waals surface area contributed by atoms with Crippen molar-refractivity contribution in [2.24, 2.45) is 23.2 Å². The third-order valence-electron chi connectivity index (χ3n) is 4.54. The van der Waals surface area contributed by atoms with Crippen molar-refractivity contribution in [3.8, 4) is 0 Å². The minimum Gasteiger partial charge on any atom is -0.0651 e. The van der Waals surface area contributed by atoms with Crippen molar-refractivity contribution in [3.63, 3.8) is 0 Å². The summed E-state index contributed by atoms with van der Waals surface area (Å²) >= 11 is 0. The molecule has 0 aromatic heterocycles. The van der Waals surface area contributed by atoms with Crippen LogP contribution in [-0.2, 0) is 0 Å². The first kappa shape index (κ1) is 14.0. The predicted octanol–water partition coefficient (Wildman–Crippen LogP) is 4.95. The lowest BCUT2D eigenvalue weighted by atomic mass is 9.64. The highest BCUT2D eigenvalue weighted by atomic mass is 14.4. The van der Waals surface area contributed by atoms with Crippen molar-refractivity contribution in [1.82, 2.24) is 0 Å².